The fraction of sp³-hybridized carbons (Fsp3) is 0.304. The minimum absolute atomic E-state index is 0.0426. The maximum atomic E-state index is 12.9. The van der Waals surface area contributed by atoms with E-state index in [1.807, 2.05) is 59.2 Å². The van der Waals surface area contributed by atoms with Crippen molar-refractivity contribution in [1.82, 2.24) is 19.7 Å². The number of hydrogen-bond donors (Lipinski definition) is 0. The zero-order valence-electron chi connectivity index (χ0n) is 17.0. The molecule has 0 bridgehead atoms. The van der Waals surface area contributed by atoms with Gasteiger partial charge in [-0.1, -0.05) is 72.7 Å². The number of para-hydroxylation sites is 1. The van der Waals surface area contributed by atoms with Crippen molar-refractivity contribution in [3.63, 3.8) is 0 Å². The van der Waals surface area contributed by atoms with Gasteiger partial charge in [0, 0.05) is 24.3 Å². The molecule has 2 aromatic carbocycles. The van der Waals surface area contributed by atoms with Crippen molar-refractivity contribution in [1.29, 1.82) is 0 Å². The number of thioether (sulfide) groups is 1. The van der Waals surface area contributed by atoms with E-state index < -0.39 is 0 Å². The summed E-state index contributed by atoms with van der Waals surface area (Å²) >= 11 is 1.61. The summed E-state index contributed by atoms with van der Waals surface area (Å²) in [5.74, 6) is 2.06. The molecule has 0 amide bonds. The van der Waals surface area contributed by atoms with Crippen molar-refractivity contribution in [2.75, 3.05) is 5.75 Å². The molecule has 0 fully saturated rings. The van der Waals surface area contributed by atoms with E-state index in [1.165, 1.54) is 0 Å². The first-order valence-corrected chi connectivity index (χ1v) is 11.2. The van der Waals surface area contributed by atoms with Crippen molar-refractivity contribution >= 4 is 22.7 Å². The number of aryl methyl sites for hydroxylation is 1. The molecule has 154 valence electrons. The van der Waals surface area contributed by atoms with Gasteiger partial charge in [0.15, 0.2) is 5.16 Å². The van der Waals surface area contributed by atoms with Crippen molar-refractivity contribution in [2.24, 2.45) is 0 Å². The molecule has 0 N–H and O–H groups in total. The Kier molecular flexibility index (Phi) is 6.59. The smallest absolute Gasteiger partial charge is 0.262 e. The van der Waals surface area contributed by atoms with Gasteiger partial charge in [0.1, 0.15) is 0 Å². The Morgan fingerprint density at radius 2 is 1.80 bits per heavy atom. The van der Waals surface area contributed by atoms with E-state index in [0.29, 0.717) is 30.1 Å². The second-order valence-electron chi connectivity index (χ2n) is 7.05. The zero-order chi connectivity index (χ0) is 20.8. The zero-order valence-corrected chi connectivity index (χ0v) is 17.8. The van der Waals surface area contributed by atoms with Crippen LogP contribution in [-0.2, 0) is 13.0 Å². The van der Waals surface area contributed by atoms with Gasteiger partial charge in [-0.05, 0) is 25.0 Å². The van der Waals surface area contributed by atoms with Gasteiger partial charge in [-0.2, -0.15) is 4.98 Å². The summed E-state index contributed by atoms with van der Waals surface area (Å²) in [6, 6.07) is 17.3. The lowest BCUT2D eigenvalue weighted by atomic mass is 10.2. The molecule has 4 aromatic rings. The molecule has 0 radical (unpaired) electrons. The third-order valence-corrected chi connectivity index (χ3v) is 5.89. The van der Waals surface area contributed by atoms with Crippen LogP contribution in [0.25, 0.3) is 22.3 Å². The standard InChI is InChI=1S/C23H24N4O2S/c1-2-3-15-27-22(28)18-12-7-8-13-19(18)24-23(27)30-16-9-14-20-25-21(26-29-20)17-10-5-4-6-11-17/h4-8,10-13H,2-3,9,14-16H2,1H3. The van der Waals surface area contributed by atoms with Crippen molar-refractivity contribution < 1.29 is 4.52 Å². The van der Waals surface area contributed by atoms with Gasteiger partial charge < -0.3 is 4.52 Å². The van der Waals surface area contributed by atoms with Gasteiger partial charge >= 0.3 is 0 Å². The molecule has 6 nitrogen and oxygen atoms in total. The maximum absolute atomic E-state index is 12.9. The lowest BCUT2D eigenvalue weighted by Gasteiger charge is -2.12. The van der Waals surface area contributed by atoms with Crippen LogP contribution < -0.4 is 5.56 Å². The molecular weight excluding hydrogens is 396 g/mol. The van der Waals surface area contributed by atoms with Crippen molar-refractivity contribution in [3.8, 4) is 11.4 Å². The predicted octanol–water partition coefficient (Wildman–Crippen LogP) is 4.97. The molecule has 0 aliphatic carbocycles. The molecule has 30 heavy (non-hydrogen) atoms. The van der Waals surface area contributed by atoms with E-state index in [4.69, 9.17) is 9.51 Å². The highest BCUT2D eigenvalue weighted by atomic mass is 32.2. The van der Waals surface area contributed by atoms with Crippen LogP contribution in [0, 0.1) is 0 Å². The molecule has 4 rings (SSSR count). The summed E-state index contributed by atoms with van der Waals surface area (Å²) in [6.07, 6.45) is 3.54. The van der Waals surface area contributed by atoms with Gasteiger partial charge in [-0.15, -0.1) is 0 Å². The molecule has 2 aromatic heterocycles. The van der Waals surface area contributed by atoms with Gasteiger partial charge in [0.05, 0.1) is 10.9 Å². The quantitative estimate of drug-likeness (QED) is 0.216. The molecule has 2 heterocycles. The molecular formula is C23H24N4O2S. The van der Waals surface area contributed by atoms with Gasteiger partial charge in [0.2, 0.25) is 11.7 Å². The van der Waals surface area contributed by atoms with E-state index in [-0.39, 0.29) is 5.56 Å². The van der Waals surface area contributed by atoms with E-state index in [1.54, 1.807) is 11.8 Å². The number of aromatic nitrogens is 4. The molecule has 7 heteroatoms. The van der Waals surface area contributed by atoms with Gasteiger partial charge in [0.25, 0.3) is 5.56 Å². The van der Waals surface area contributed by atoms with Crippen LogP contribution in [0.2, 0.25) is 0 Å². The number of rotatable bonds is 9. The van der Waals surface area contributed by atoms with Crippen LogP contribution in [0.3, 0.4) is 0 Å². The average molecular weight is 421 g/mol. The van der Waals surface area contributed by atoms with Gasteiger partial charge in [-0.3, -0.25) is 9.36 Å². The number of unbranched alkanes of at least 4 members (excludes halogenated alkanes) is 1. The third-order valence-electron chi connectivity index (χ3n) is 4.83. The summed E-state index contributed by atoms with van der Waals surface area (Å²) in [7, 11) is 0. The molecule has 0 saturated carbocycles. The number of hydrogen-bond acceptors (Lipinski definition) is 6. The Morgan fingerprint density at radius 1 is 1.00 bits per heavy atom. The Labute approximate surface area is 179 Å². The van der Waals surface area contributed by atoms with Crippen LogP contribution >= 0.6 is 11.8 Å². The lowest BCUT2D eigenvalue weighted by Crippen LogP contribution is -2.23. The van der Waals surface area contributed by atoms with Crippen LogP contribution in [0.15, 0.2) is 69.1 Å². The van der Waals surface area contributed by atoms with E-state index in [0.717, 1.165) is 41.3 Å². The highest BCUT2D eigenvalue weighted by Gasteiger charge is 2.12. The van der Waals surface area contributed by atoms with Crippen molar-refractivity contribution in [3.05, 3.63) is 70.8 Å². The summed E-state index contributed by atoms with van der Waals surface area (Å²) < 4.78 is 7.20. The van der Waals surface area contributed by atoms with E-state index >= 15 is 0 Å². The van der Waals surface area contributed by atoms with E-state index in [2.05, 4.69) is 17.1 Å². The first kappa shape index (κ1) is 20.3. The first-order valence-electron chi connectivity index (χ1n) is 10.3. The molecule has 0 aliphatic heterocycles. The Balaban J connectivity index is 1.42. The van der Waals surface area contributed by atoms with E-state index in [9.17, 15) is 4.79 Å². The maximum Gasteiger partial charge on any atom is 0.262 e. The molecule has 0 aliphatic rings. The van der Waals surface area contributed by atoms with Crippen LogP contribution in [0.4, 0.5) is 0 Å². The highest BCUT2D eigenvalue weighted by Crippen LogP contribution is 2.21. The topological polar surface area (TPSA) is 73.8 Å². The number of fused-ring (bicyclic) bond motifs is 1. The second kappa shape index (κ2) is 9.71. The molecule has 0 atom stereocenters. The summed E-state index contributed by atoms with van der Waals surface area (Å²) in [4.78, 5) is 22.2. The second-order valence-corrected chi connectivity index (χ2v) is 8.11. The minimum Gasteiger partial charge on any atom is -0.339 e. The summed E-state index contributed by atoms with van der Waals surface area (Å²) in [5.41, 5.74) is 1.74. The Morgan fingerprint density at radius 3 is 2.63 bits per heavy atom. The Bertz CT molecular complexity index is 1170. The number of nitrogens with zero attached hydrogens (tertiary/aromatic N) is 4. The predicted molar refractivity (Wildman–Crippen MR) is 120 cm³/mol. The first-order chi connectivity index (χ1) is 14.8. The fourth-order valence-electron chi connectivity index (χ4n) is 3.22. The SMILES string of the molecule is CCCCn1c(SCCCc2nc(-c3ccccc3)no2)nc2ccccc2c1=O. The Hall–Kier alpha value is -2.93. The largest absolute Gasteiger partial charge is 0.339 e. The normalized spacial score (nSPS) is 11.2. The minimum atomic E-state index is 0.0426. The summed E-state index contributed by atoms with van der Waals surface area (Å²) in [6.45, 7) is 2.82. The highest BCUT2D eigenvalue weighted by molar-refractivity contribution is 7.99. The molecule has 0 saturated heterocycles. The number of benzene rings is 2. The lowest BCUT2D eigenvalue weighted by molar-refractivity contribution is 0.378. The average Bonchev–Trinajstić information content (AvgIpc) is 3.26. The van der Waals surface area contributed by atoms with Crippen LogP contribution in [0.5, 0.6) is 0 Å². The molecule has 0 spiro atoms. The fourth-order valence-corrected chi connectivity index (χ4v) is 4.18. The monoisotopic (exact) mass is 420 g/mol. The summed E-state index contributed by atoms with van der Waals surface area (Å²) in [5, 5.41) is 5.52. The van der Waals surface area contributed by atoms with Crippen molar-refractivity contribution in [2.45, 2.75) is 44.3 Å². The molecule has 0 unspecified atom stereocenters. The van der Waals surface area contributed by atoms with Gasteiger partial charge in [-0.25, -0.2) is 4.98 Å². The van der Waals surface area contributed by atoms with Crippen LogP contribution in [0.1, 0.15) is 32.1 Å². The van der Waals surface area contributed by atoms with Crippen LogP contribution in [-0.4, -0.2) is 25.4 Å². The third kappa shape index (κ3) is 4.62.